The molecule has 0 heterocycles. The number of carbonyl (C=O) groups excluding carboxylic acids is 1. The Morgan fingerprint density at radius 2 is 2.00 bits per heavy atom. The van der Waals surface area contributed by atoms with Crippen LogP contribution in [0.5, 0.6) is 0 Å². The number of carbonyl (C=O) groups is 1. The van der Waals surface area contributed by atoms with Crippen molar-refractivity contribution in [2.45, 2.75) is 19.4 Å². The Kier molecular flexibility index (Phi) is 3.15. The van der Waals surface area contributed by atoms with E-state index in [0.717, 1.165) is 18.4 Å². The summed E-state index contributed by atoms with van der Waals surface area (Å²) >= 11 is 0. The molecule has 2 rings (SSSR count). The number of hydrogen-bond acceptors (Lipinski definition) is 2. The van der Waals surface area contributed by atoms with Gasteiger partial charge in [0.05, 0.1) is 5.41 Å². The van der Waals surface area contributed by atoms with E-state index in [4.69, 9.17) is 5.73 Å². The van der Waals surface area contributed by atoms with Crippen LogP contribution in [0, 0.1) is 11.2 Å². The number of rotatable bonds is 4. The standard InChI is InChI=1S/C13H17FN2O/c1-16(12(17)13(9-15)6-7-13)8-10-2-4-11(14)5-3-10/h2-5H,6-9,15H2,1H3. The molecule has 0 saturated heterocycles. The van der Waals surface area contributed by atoms with Gasteiger partial charge in [0.15, 0.2) is 0 Å². The molecule has 4 heteroatoms. The monoisotopic (exact) mass is 236 g/mol. The fourth-order valence-electron chi connectivity index (χ4n) is 2.00. The molecule has 1 aromatic rings. The van der Waals surface area contributed by atoms with Gasteiger partial charge in [-0.25, -0.2) is 4.39 Å². The van der Waals surface area contributed by atoms with Crippen molar-refractivity contribution in [1.29, 1.82) is 0 Å². The second-order valence-corrected chi connectivity index (χ2v) is 4.77. The first-order chi connectivity index (χ1) is 8.07. The van der Waals surface area contributed by atoms with Crippen molar-refractivity contribution >= 4 is 5.91 Å². The maximum absolute atomic E-state index is 12.7. The molecule has 1 aliphatic carbocycles. The zero-order valence-electron chi connectivity index (χ0n) is 9.95. The molecule has 0 bridgehead atoms. The van der Waals surface area contributed by atoms with Crippen LogP contribution in [0.1, 0.15) is 18.4 Å². The lowest BCUT2D eigenvalue weighted by atomic mass is 10.1. The molecular formula is C13H17FN2O. The van der Waals surface area contributed by atoms with Gasteiger partial charge >= 0.3 is 0 Å². The summed E-state index contributed by atoms with van der Waals surface area (Å²) < 4.78 is 12.7. The van der Waals surface area contributed by atoms with E-state index in [0.29, 0.717) is 13.1 Å². The summed E-state index contributed by atoms with van der Waals surface area (Å²) in [6.45, 7) is 0.917. The highest BCUT2D eigenvalue weighted by Gasteiger charge is 2.49. The minimum atomic E-state index is -0.311. The molecule has 1 fully saturated rings. The topological polar surface area (TPSA) is 46.3 Å². The molecule has 1 saturated carbocycles. The highest BCUT2D eigenvalue weighted by molar-refractivity contribution is 5.85. The van der Waals surface area contributed by atoms with E-state index in [1.807, 2.05) is 0 Å². The first-order valence-electron chi connectivity index (χ1n) is 5.77. The van der Waals surface area contributed by atoms with Crippen LogP contribution >= 0.6 is 0 Å². The molecule has 0 aromatic heterocycles. The quantitative estimate of drug-likeness (QED) is 0.861. The summed E-state index contributed by atoms with van der Waals surface area (Å²) in [6, 6.07) is 6.20. The first-order valence-corrected chi connectivity index (χ1v) is 5.77. The lowest BCUT2D eigenvalue weighted by molar-refractivity contribution is -0.135. The van der Waals surface area contributed by atoms with Crippen molar-refractivity contribution in [1.82, 2.24) is 4.90 Å². The van der Waals surface area contributed by atoms with Crippen molar-refractivity contribution < 1.29 is 9.18 Å². The molecule has 0 spiro atoms. The molecule has 1 aliphatic rings. The van der Waals surface area contributed by atoms with Gasteiger partial charge < -0.3 is 10.6 Å². The Labute approximate surface area is 100 Å². The van der Waals surface area contributed by atoms with E-state index in [-0.39, 0.29) is 17.1 Å². The van der Waals surface area contributed by atoms with Crippen molar-refractivity contribution in [2.24, 2.45) is 11.1 Å². The predicted molar refractivity (Wildman–Crippen MR) is 63.6 cm³/mol. The Morgan fingerprint density at radius 3 is 2.47 bits per heavy atom. The number of nitrogens with two attached hydrogens (primary N) is 1. The van der Waals surface area contributed by atoms with E-state index < -0.39 is 0 Å². The average Bonchev–Trinajstić information content (AvgIpc) is 3.12. The lowest BCUT2D eigenvalue weighted by Crippen LogP contribution is -2.37. The molecule has 1 amide bonds. The van der Waals surface area contributed by atoms with Crippen molar-refractivity contribution in [2.75, 3.05) is 13.6 Å². The van der Waals surface area contributed by atoms with Crippen LogP contribution in [-0.2, 0) is 11.3 Å². The fourth-order valence-corrected chi connectivity index (χ4v) is 2.00. The number of halogens is 1. The largest absolute Gasteiger partial charge is 0.341 e. The van der Waals surface area contributed by atoms with Gasteiger partial charge in [-0.2, -0.15) is 0 Å². The smallest absolute Gasteiger partial charge is 0.230 e. The van der Waals surface area contributed by atoms with E-state index >= 15 is 0 Å². The summed E-state index contributed by atoms with van der Waals surface area (Å²) in [7, 11) is 1.77. The van der Waals surface area contributed by atoms with E-state index in [1.54, 1.807) is 24.1 Å². The highest BCUT2D eigenvalue weighted by atomic mass is 19.1. The van der Waals surface area contributed by atoms with Gasteiger partial charge in [0.25, 0.3) is 0 Å². The second kappa shape index (κ2) is 4.45. The van der Waals surface area contributed by atoms with Gasteiger partial charge in [0, 0.05) is 20.1 Å². The van der Waals surface area contributed by atoms with Gasteiger partial charge in [-0.3, -0.25) is 4.79 Å². The maximum Gasteiger partial charge on any atom is 0.230 e. The number of hydrogen-bond donors (Lipinski definition) is 1. The van der Waals surface area contributed by atoms with Crippen molar-refractivity contribution in [3.63, 3.8) is 0 Å². The van der Waals surface area contributed by atoms with Gasteiger partial charge in [-0.05, 0) is 30.5 Å². The van der Waals surface area contributed by atoms with Gasteiger partial charge in [-0.1, -0.05) is 12.1 Å². The highest BCUT2D eigenvalue weighted by Crippen LogP contribution is 2.46. The van der Waals surface area contributed by atoms with Gasteiger partial charge in [0.2, 0.25) is 5.91 Å². The minimum Gasteiger partial charge on any atom is -0.341 e. The summed E-state index contributed by atoms with van der Waals surface area (Å²) in [5.74, 6) is -0.160. The molecule has 0 radical (unpaired) electrons. The van der Waals surface area contributed by atoms with Gasteiger partial charge in [0.1, 0.15) is 5.82 Å². The van der Waals surface area contributed by atoms with E-state index in [9.17, 15) is 9.18 Å². The molecule has 17 heavy (non-hydrogen) atoms. The third-order valence-corrected chi connectivity index (χ3v) is 3.38. The second-order valence-electron chi connectivity index (χ2n) is 4.77. The average molecular weight is 236 g/mol. The molecular weight excluding hydrogens is 219 g/mol. The van der Waals surface area contributed by atoms with Crippen LogP contribution in [0.3, 0.4) is 0 Å². The number of amides is 1. The number of nitrogens with zero attached hydrogens (tertiary/aromatic N) is 1. The lowest BCUT2D eigenvalue weighted by Gasteiger charge is -2.22. The summed E-state index contributed by atoms with van der Waals surface area (Å²) in [6.07, 6.45) is 1.77. The van der Waals surface area contributed by atoms with Crippen LogP contribution in [0.4, 0.5) is 4.39 Å². The number of benzene rings is 1. The maximum atomic E-state index is 12.7. The van der Waals surface area contributed by atoms with Crippen molar-refractivity contribution in [3.05, 3.63) is 35.6 Å². The first kappa shape index (κ1) is 12.0. The Bertz CT molecular complexity index is 412. The molecule has 92 valence electrons. The molecule has 0 aliphatic heterocycles. The van der Waals surface area contributed by atoms with Crippen LogP contribution in [0.15, 0.2) is 24.3 Å². The molecule has 1 aromatic carbocycles. The zero-order valence-corrected chi connectivity index (χ0v) is 9.95. The van der Waals surface area contributed by atoms with Gasteiger partial charge in [-0.15, -0.1) is 0 Å². The fraction of sp³-hybridized carbons (Fsp3) is 0.462. The summed E-state index contributed by atoms with van der Waals surface area (Å²) in [4.78, 5) is 13.8. The summed E-state index contributed by atoms with van der Waals surface area (Å²) in [5, 5.41) is 0. The van der Waals surface area contributed by atoms with Crippen LogP contribution in [0.2, 0.25) is 0 Å². The van der Waals surface area contributed by atoms with Crippen LogP contribution < -0.4 is 5.73 Å². The minimum absolute atomic E-state index is 0.101. The molecule has 0 atom stereocenters. The molecule has 2 N–H and O–H groups in total. The third-order valence-electron chi connectivity index (χ3n) is 3.38. The van der Waals surface area contributed by atoms with E-state index in [2.05, 4.69) is 0 Å². The Morgan fingerprint density at radius 1 is 1.41 bits per heavy atom. The molecule has 0 unspecified atom stereocenters. The zero-order chi connectivity index (χ0) is 12.5. The van der Waals surface area contributed by atoms with E-state index in [1.165, 1.54) is 12.1 Å². The summed E-state index contributed by atoms with van der Waals surface area (Å²) in [5.41, 5.74) is 6.24. The molecule has 3 nitrogen and oxygen atoms in total. The Balaban J connectivity index is 1.99. The van der Waals surface area contributed by atoms with Crippen LogP contribution in [0.25, 0.3) is 0 Å². The van der Waals surface area contributed by atoms with Crippen LogP contribution in [-0.4, -0.2) is 24.4 Å². The third kappa shape index (κ3) is 2.47. The van der Waals surface area contributed by atoms with Crippen molar-refractivity contribution in [3.8, 4) is 0 Å². The predicted octanol–water partition coefficient (Wildman–Crippen LogP) is 1.52. The normalized spacial score (nSPS) is 16.6. The SMILES string of the molecule is CN(Cc1ccc(F)cc1)C(=O)C1(CN)CC1. The Hall–Kier alpha value is -1.42.